The van der Waals surface area contributed by atoms with Crippen LogP contribution in [0.1, 0.15) is 45.7 Å². The zero-order valence-electron chi connectivity index (χ0n) is 13.3. The average Bonchev–Trinajstić information content (AvgIpc) is 2.36. The highest BCUT2D eigenvalue weighted by atomic mass is 16.6. The van der Waals surface area contributed by atoms with Gasteiger partial charge in [-0.3, -0.25) is 0 Å². The number of alkyl carbamates (subject to hydrolysis) is 1. The summed E-state index contributed by atoms with van der Waals surface area (Å²) >= 11 is 0. The molecule has 0 heterocycles. The van der Waals surface area contributed by atoms with Gasteiger partial charge in [-0.05, 0) is 58.4 Å². The smallest absolute Gasteiger partial charge is 0.407 e. The molecule has 0 fully saturated rings. The van der Waals surface area contributed by atoms with E-state index in [1.807, 2.05) is 32.9 Å². The molecule has 1 aromatic rings. The first-order valence-electron chi connectivity index (χ1n) is 7.27. The maximum atomic E-state index is 11.4. The van der Waals surface area contributed by atoms with E-state index in [0.29, 0.717) is 6.54 Å². The summed E-state index contributed by atoms with van der Waals surface area (Å²) in [5.41, 5.74) is 0.656. The van der Waals surface area contributed by atoms with Crippen molar-refractivity contribution in [2.75, 3.05) is 13.1 Å². The first-order chi connectivity index (χ1) is 9.78. The topological polar surface area (TPSA) is 70.6 Å². The third kappa shape index (κ3) is 7.56. The molecule has 5 nitrogen and oxygen atoms in total. The second-order valence-corrected chi connectivity index (χ2v) is 6.05. The predicted molar refractivity (Wildman–Crippen MR) is 83.4 cm³/mol. The van der Waals surface area contributed by atoms with Gasteiger partial charge in [0.05, 0.1) is 0 Å². The van der Waals surface area contributed by atoms with Gasteiger partial charge in [0.15, 0.2) is 0 Å². The molecular formula is C16H26N2O3. The summed E-state index contributed by atoms with van der Waals surface area (Å²) < 4.78 is 5.15. The molecule has 0 aliphatic carbocycles. The highest BCUT2D eigenvalue weighted by Gasteiger charge is 2.15. The first-order valence-corrected chi connectivity index (χ1v) is 7.27. The van der Waals surface area contributed by atoms with Crippen molar-refractivity contribution in [2.45, 2.75) is 45.8 Å². The van der Waals surface area contributed by atoms with Crippen LogP contribution in [0, 0.1) is 0 Å². The Labute approximate surface area is 126 Å². The van der Waals surface area contributed by atoms with Crippen LogP contribution in [0.25, 0.3) is 0 Å². The molecule has 1 aromatic carbocycles. The van der Waals surface area contributed by atoms with Crippen LogP contribution >= 0.6 is 0 Å². The molecule has 1 rings (SSSR count). The molecule has 5 heteroatoms. The number of amides is 1. The zero-order valence-corrected chi connectivity index (χ0v) is 13.3. The summed E-state index contributed by atoms with van der Waals surface area (Å²) in [5.74, 6) is 0.271. The molecule has 0 radical (unpaired) electrons. The van der Waals surface area contributed by atoms with Crippen LogP contribution in [-0.2, 0) is 4.74 Å². The molecule has 1 atom stereocenters. The van der Waals surface area contributed by atoms with Gasteiger partial charge in [0, 0.05) is 12.6 Å². The van der Waals surface area contributed by atoms with Gasteiger partial charge in [-0.15, -0.1) is 0 Å². The van der Waals surface area contributed by atoms with E-state index in [0.717, 1.165) is 18.5 Å². The number of aromatic hydroxyl groups is 1. The monoisotopic (exact) mass is 294 g/mol. The molecule has 0 spiro atoms. The van der Waals surface area contributed by atoms with Gasteiger partial charge in [-0.25, -0.2) is 4.79 Å². The number of ether oxygens (including phenoxy) is 1. The minimum absolute atomic E-state index is 0.201. The number of benzene rings is 1. The van der Waals surface area contributed by atoms with E-state index in [2.05, 4.69) is 17.6 Å². The quantitative estimate of drug-likeness (QED) is 0.705. The third-order valence-corrected chi connectivity index (χ3v) is 2.87. The van der Waals surface area contributed by atoms with Crippen LogP contribution in [0.5, 0.6) is 5.75 Å². The summed E-state index contributed by atoms with van der Waals surface area (Å²) in [7, 11) is 0. The number of rotatable bonds is 6. The predicted octanol–water partition coefficient (Wildman–Crippen LogP) is 2.96. The lowest BCUT2D eigenvalue weighted by Crippen LogP contribution is -2.34. The van der Waals surface area contributed by atoms with Crippen molar-refractivity contribution >= 4 is 6.09 Å². The molecule has 0 bridgehead atoms. The van der Waals surface area contributed by atoms with E-state index in [-0.39, 0.29) is 17.9 Å². The fourth-order valence-corrected chi connectivity index (χ4v) is 1.79. The van der Waals surface area contributed by atoms with Crippen molar-refractivity contribution in [2.24, 2.45) is 0 Å². The van der Waals surface area contributed by atoms with Crippen molar-refractivity contribution in [3.63, 3.8) is 0 Å². The van der Waals surface area contributed by atoms with Crippen LogP contribution in [-0.4, -0.2) is 29.9 Å². The largest absolute Gasteiger partial charge is 0.508 e. The van der Waals surface area contributed by atoms with Gasteiger partial charge < -0.3 is 20.5 Å². The molecule has 0 saturated carbocycles. The second kappa shape index (κ2) is 7.88. The van der Waals surface area contributed by atoms with Crippen LogP contribution < -0.4 is 10.6 Å². The fraction of sp³-hybridized carbons (Fsp3) is 0.562. The van der Waals surface area contributed by atoms with Crippen molar-refractivity contribution < 1.29 is 14.6 Å². The average molecular weight is 294 g/mol. The Morgan fingerprint density at radius 3 is 2.43 bits per heavy atom. The number of carbonyl (C=O) groups is 1. The molecule has 0 aromatic heterocycles. The Morgan fingerprint density at radius 2 is 1.86 bits per heavy atom. The van der Waals surface area contributed by atoms with Crippen molar-refractivity contribution in [1.82, 2.24) is 10.6 Å². The Kier molecular flexibility index (Phi) is 6.49. The second-order valence-electron chi connectivity index (χ2n) is 6.05. The highest BCUT2D eigenvalue weighted by molar-refractivity contribution is 5.67. The fourth-order valence-electron chi connectivity index (χ4n) is 1.79. The zero-order chi connectivity index (χ0) is 15.9. The van der Waals surface area contributed by atoms with Crippen LogP contribution in [0.15, 0.2) is 24.3 Å². The Bertz CT molecular complexity index is 438. The van der Waals surface area contributed by atoms with Gasteiger partial charge in [-0.1, -0.05) is 12.1 Å². The summed E-state index contributed by atoms with van der Waals surface area (Å²) in [6, 6.07) is 7.35. The number of carbonyl (C=O) groups excluding carboxylic acids is 1. The lowest BCUT2D eigenvalue weighted by molar-refractivity contribution is 0.0527. The van der Waals surface area contributed by atoms with Gasteiger partial charge in [0.2, 0.25) is 0 Å². The lowest BCUT2D eigenvalue weighted by Gasteiger charge is -2.20. The molecular weight excluding hydrogens is 268 g/mol. The van der Waals surface area contributed by atoms with Crippen molar-refractivity contribution in [1.29, 1.82) is 0 Å². The first kappa shape index (κ1) is 17.3. The van der Waals surface area contributed by atoms with E-state index >= 15 is 0 Å². The normalized spacial score (nSPS) is 12.8. The number of nitrogens with one attached hydrogen (secondary N) is 2. The lowest BCUT2D eigenvalue weighted by atomic mass is 10.1. The van der Waals surface area contributed by atoms with Crippen molar-refractivity contribution in [3.8, 4) is 5.75 Å². The van der Waals surface area contributed by atoms with E-state index in [1.165, 1.54) is 0 Å². The highest BCUT2D eigenvalue weighted by Crippen LogP contribution is 2.16. The Balaban J connectivity index is 2.16. The number of hydrogen-bond donors (Lipinski definition) is 3. The van der Waals surface area contributed by atoms with Gasteiger partial charge in [0.25, 0.3) is 0 Å². The maximum Gasteiger partial charge on any atom is 0.407 e. The SMILES string of the molecule is CC(NCCCNC(=O)OC(C)(C)C)c1ccc(O)cc1. The minimum atomic E-state index is -0.463. The van der Waals surface area contributed by atoms with Crippen LogP contribution in [0.2, 0.25) is 0 Å². The molecule has 0 aliphatic rings. The third-order valence-electron chi connectivity index (χ3n) is 2.87. The molecule has 0 saturated heterocycles. The summed E-state index contributed by atoms with van der Waals surface area (Å²) in [6.45, 7) is 8.95. The maximum absolute atomic E-state index is 11.4. The van der Waals surface area contributed by atoms with Gasteiger partial charge >= 0.3 is 6.09 Å². The molecule has 118 valence electrons. The standard InChI is InChI=1S/C16H26N2O3/c1-12(13-6-8-14(19)9-7-13)17-10-5-11-18-15(20)21-16(2,3)4/h6-9,12,17,19H,5,10-11H2,1-4H3,(H,18,20). The van der Waals surface area contributed by atoms with Crippen LogP contribution in [0.4, 0.5) is 4.79 Å². The van der Waals surface area contributed by atoms with E-state index < -0.39 is 5.60 Å². The summed E-state index contributed by atoms with van der Waals surface area (Å²) in [6.07, 6.45) is 0.441. The number of phenols is 1. The summed E-state index contributed by atoms with van der Waals surface area (Å²) in [4.78, 5) is 11.4. The Hall–Kier alpha value is -1.75. The number of phenolic OH excluding ortho intramolecular Hbond substituents is 1. The van der Waals surface area contributed by atoms with Crippen molar-refractivity contribution in [3.05, 3.63) is 29.8 Å². The van der Waals surface area contributed by atoms with Gasteiger partial charge in [-0.2, -0.15) is 0 Å². The molecule has 0 aliphatic heterocycles. The summed E-state index contributed by atoms with van der Waals surface area (Å²) in [5, 5.41) is 15.3. The molecule has 1 unspecified atom stereocenters. The molecule has 1 amide bonds. The van der Waals surface area contributed by atoms with E-state index in [9.17, 15) is 9.90 Å². The Morgan fingerprint density at radius 1 is 1.24 bits per heavy atom. The molecule has 3 N–H and O–H groups in total. The van der Waals surface area contributed by atoms with E-state index in [1.54, 1.807) is 12.1 Å². The van der Waals surface area contributed by atoms with E-state index in [4.69, 9.17) is 4.74 Å². The van der Waals surface area contributed by atoms with Gasteiger partial charge in [0.1, 0.15) is 11.4 Å². The van der Waals surface area contributed by atoms with Crippen LogP contribution in [0.3, 0.4) is 0 Å². The minimum Gasteiger partial charge on any atom is -0.508 e. The number of hydrogen-bond acceptors (Lipinski definition) is 4. The molecule has 21 heavy (non-hydrogen) atoms.